The fourth-order valence-corrected chi connectivity index (χ4v) is 0.921. The summed E-state index contributed by atoms with van der Waals surface area (Å²) in [4.78, 5) is 0. The monoisotopic (exact) mass is 147 g/mol. The highest BCUT2D eigenvalue weighted by Gasteiger charge is 1.91. The van der Waals surface area contributed by atoms with Crippen LogP contribution < -0.4 is 5.32 Å². The molecule has 1 aromatic rings. The van der Waals surface area contributed by atoms with Gasteiger partial charge in [0.15, 0.2) is 0 Å². The first-order valence-corrected chi connectivity index (χ1v) is 3.67. The summed E-state index contributed by atoms with van der Waals surface area (Å²) in [5.74, 6) is 0. The molecule has 0 fully saturated rings. The van der Waals surface area contributed by atoms with E-state index < -0.39 is 0 Å². The summed E-state index contributed by atoms with van der Waals surface area (Å²) in [6.45, 7) is 5.87. The van der Waals surface area contributed by atoms with Gasteiger partial charge in [-0.25, -0.2) is 0 Å². The molecular formula is C10H13N. The predicted molar refractivity (Wildman–Crippen MR) is 50.7 cm³/mol. The van der Waals surface area contributed by atoms with Crippen LogP contribution in [0.15, 0.2) is 30.8 Å². The first-order chi connectivity index (χ1) is 5.24. The number of hydrogen-bond donors (Lipinski definition) is 1. The highest BCUT2D eigenvalue weighted by Crippen LogP contribution is 2.14. The topological polar surface area (TPSA) is 12.0 Å². The van der Waals surface area contributed by atoms with Crippen molar-refractivity contribution in [1.29, 1.82) is 0 Å². The Labute approximate surface area is 67.8 Å². The third kappa shape index (κ3) is 1.84. The molecule has 0 saturated carbocycles. The molecule has 1 N–H and O–H groups in total. The number of benzene rings is 1. The normalized spacial score (nSPS) is 9.27. The summed E-state index contributed by atoms with van der Waals surface area (Å²) in [6, 6.07) is 8.22. The third-order valence-electron chi connectivity index (χ3n) is 1.67. The smallest absolute Gasteiger partial charge is 0.0337 e. The second kappa shape index (κ2) is 3.24. The standard InChI is InChI=1S/C10H13N/c1-8(2)9-4-6-10(11-3)7-5-9/h4-7,11H,1H2,2-3H3. The van der Waals surface area contributed by atoms with Crippen LogP contribution in [0.4, 0.5) is 5.69 Å². The van der Waals surface area contributed by atoms with E-state index in [1.54, 1.807) is 0 Å². The zero-order valence-electron chi connectivity index (χ0n) is 7.02. The maximum atomic E-state index is 3.86. The summed E-state index contributed by atoms with van der Waals surface area (Å²) in [5.41, 5.74) is 3.44. The maximum Gasteiger partial charge on any atom is 0.0337 e. The van der Waals surface area contributed by atoms with E-state index in [0.29, 0.717) is 0 Å². The lowest BCUT2D eigenvalue weighted by Crippen LogP contribution is -1.87. The van der Waals surface area contributed by atoms with Gasteiger partial charge < -0.3 is 5.32 Å². The molecule has 0 aliphatic rings. The SMILES string of the molecule is C=C(C)c1ccc(NC)cc1. The van der Waals surface area contributed by atoms with Crippen LogP contribution in [-0.4, -0.2) is 7.05 Å². The summed E-state index contributed by atoms with van der Waals surface area (Å²) in [6.07, 6.45) is 0. The number of nitrogens with one attached hydrogen (secondary N) is 1. The minimum atomic E-state index is 1.10. The zero-order valence-corrected chi connectivity index (χ0v) is 7.02. The van der Waals surface area contributed by atoms with Gasteiger partial charge in [0, 0.05) is 12.7 Å². The lowest BCUT2D eigenvalue weighted by Gasteiger charge is -2.01. The fourth-order valence-electron chi connectivity index (χ4n) is 0.921. The lowest BCUT2D eigenvalue weighted by molar-refractivity contribution is 1.49. The summed E-state index contributed by atoms with van der Waals surface area (Å²) in [7, 11) is 1.91. The van der Waals surface area contributed by atoms with E-state index in [1.165, 1.54) is 5.56 Å². The zero-order chi connectivity index (χ0) is 8.27. The molecule has 0 amide bonds. The molecule has 58 valence electrons. The summed E-state index contributed by atoms with van der Waals surface area (Å²) < 4.78 is 0. The molecule has 1 nitrogen and oxygen atoms in total. The van der Waals surface area contributed by atoms with Crippen molar-refractivity contribution in [3.8, 4) is 0 Å². The molecule has 0 heterocycles. The van der Waals surface area contributed by atoms with Gasteiger partial charge in [0.1, 0.15) is 0 Å². The first-order valence-electron chi connectivity index (χ1n) is 3.67. The van der Waals surface area contributed by atoms with Crippen molar-refractivity contribution in [1.82, 2.24) is 0 Å². The van der Waals surface area contributed by atoms with Crippen LogP contribution in [0.3, 0.4) is 0 Å². The molecule has 0 aliphatic carbocycles. The molecular weight excluding hydrogens is 134 g/mol. The van der Waals surface area contributed by atoms with Gasteiger partial charge in [-0.15, -0.1) is 0 Å². The number of allylic oxidation sites excluding steroid dienone is 1. The molecule has 0 radical (unpaired) electrons. The maximum absolute atomic E-state index is 3.86. The van der Waals surface area contributed by atoms with Gasteiger partial charge in [-0.2, -0.15) is 0 Å². The van der Waals surface area contributed by atoms with Crippen molar-refractivity contribution >= 4 is 11.3 Å². The Morgan fingerprint density at radius 1 is 1.27 bits per heavy atom. The number of hydrogen-bond acceptors (Lipinski definition) is 1. The van der Waals surface area contributed by atoms with Crippen molar-refractivity contribution in [3.05, 3.63) is 36.4 Å². The molecule has 0 saturated heterocycles. The van der Waals surface area contributed by atoms with E-state index in [4.69, 9.17) is 0 Å². The van der Waals surface area contributed by atoms with Crippen LogP contribution in [0.1, 0.15) is 12.5 Å². The van der Waals surface area contributed by atoms with Crippen molar-refractivity contribution in [3.63, 3.8) is 0 Å². The molecule has 1 heteroatoms. The molecule has 0 bridgehead atoms. The Hall–Kier alpha value is -1.24. The molecule has 0 spiro atoms. The molecule has 1 aromatic carbocycles. The number of anilines is 1. The van der Waals surface area contributed by atoms with Crippen LogP contribution >= 0.6 is 0 Å². The van der Waals surface area contributed by atoms with Crippen molar-refractivity contribution in [2.75, 3.05) is 12.4 Å². The largest absolute Gasteiger partial charge is 0.388 e. The highest BCUT2D eigenvalue weighted by atomic mass is 14.8. The van der Waals surface area contributed by atoms with Gasteiger partial charge in [-0.1, -0.05) is 24.3 Å². The Kier molecular flexibility index (Phi) is 2.32. The average molecular weight is 147 g/mol. The van der Waals surface area contributed by atoms with Crippen molar-refractivity contribution in [2.24, 2.45) is 0 Å². The van der Waals surface area contributed by atoms with E-state index in [2.05, 4.69) is 24.0 Å². The Morgan fingerprint density at radius 3 is 2.18 bits per heavy atom. The van der Waals surface area contributed by atoms with Gasteiger partial charge in [-0.05, 0) is 24.6 Å². The minimum absolute atomic E-state index is 1.10. The van der Waals surface area contributed by atoms with Crippen LogP contribution in [0, 0.1) is 0 Å². The third-order valence-corrected chi connectivity index (χ3v) is 1.67. The fraction of sp³-hybridized carbons (Fsp3) is 0.200. The van der Waals surface area contributed by atoms with E-state index in [1.807, 2.05) is 26.1 Å². The van der Waals surface area contributed by atoms with Crippen LogP contribution in [0.25, 0.3) is 5.57 Å². The second-order valence-electron chi connectivity index (χ2n) is 2.61. The molecule has 0 aromatic heterocycles. The van der Waals surface area contributed by atoms with E-state index in [0.717, 1.165) is 11.3 Å². The van der Waals surface area contributed by atoms with Gasteiger partial charge >= 0.3 is 0 Å². The minimum Gasteiger partial charge on any atom is -0.388 e. The van der Waals surface area contributed by atoms with Gasteiger partial charge in [0.05, 0.1) is 0 Å². The lowest BCUT2D eigenvalue weighted by atomic mass is 10.1. The molecule has 1 rings (SSSR count). The van der Waals surface area contributed by atoms with E-state index in [-0.39, 0.29) is 0 Å². The summed E-state index contributed by atoms with van der Waals surface area (Å²) in [5, 5.41) is 3.06. The predicted octanol–water partition coefficient (Wildman–Crippen LogP) is 2.76. The van der Waals surface area contributed by atoms with Crippen LogP contribution in [0.2, 0.25) is 0 Å². The Bertz CT molecular complexity index is 246. The van der Waals surface area contributed by atoms with Crippen LogP contribution in [0.5, 0.6) is 0 Å². The van der Waals surface area contributed by atoms with E-state index >= 15 is 0 Å². The van der Waals surface area contributed by atoms with Crippen molar-refractivity contribution in [2.45, 2.75) is 6.92 Å². The molecule has 0 unspecified atom stereocenters. The van der Waals surface area contributed by atoms with Crippen LogP contribution in [-0.2, 0) is 0 Å². The highest BCUT2D eigenvalue weighted by molar-refractivity contribution is 5.63. The molecule has 0 atom stereocenters. The summed E-state index contributed by atoms with van der Waals surface area (Å²) >= 11 is 0. The van der Waals surface area contributed by atoms with Gasteiger partial charge in [0.2, 0.25) is 0 Å². The van der Waals surface area contributed by atoms with E-state index in [9.17, 15) is 0 Å². The first kappa shape index (κ1) is 7.86. The van der Waals surface area contributed by atoms with Gasteiger partial charge in [0.25, 0.3) is 0 Å². The Morgan fingerprint density at radius 2 is 1.82 bits per heavy atom. The second-order valence-corrected chi connectivity index (χ2v) is 2.61. The van der Waals surface area contributed by atoms with Gasteiger partial charge in [-0.3, -0.25) is 0 Å². The average Bonchev–Trinajstić information content (AvgIpc) is 2.05. The Balaban J connectivity index is 2.91. The quantitative estimate of drug-likeness (QED) is 0.678. The number of rotatable bonds is 2. The molecule has 0 aliphatic heterocycles. The van der Waals surface area contributed by atoms with Crippen molar-refractivity contribution < 1.29 is 0 Å². The molecule has 11 heavy (non-hydrogen) atoms.